The van der Waals surface area contributed by atoms with Crippen LogP contribution in [0.2, 0.25) is 0 Å². The van der Waals surface area contributed by atoms with Gasteiger partial charge in [0.05, 0.1) is 11.4 Å². The van der Waals surface area contributed by atoms with E-state index in [9.17, 15) is 9.18 Å². The Bertz CT molecular complexity index is 749. The van der Waals surface area contributed by atoms with E-state index in [1.807, 2.05) is 24.3 Å². The van der Waals surface area contributed by atoms with Crippen LogP contribution in [-0.4, -0.2) is 36.6 Å². The largest absolute Gasteiger partial charge is 0.448 e. The zero-order chi connectivity index (χ0) is 19.1. The number of ether oxygens (including phenoxy) is 1. The van der Waals surface area contributed by atoms with Crippen LogP contribution in [0, 0.1) is 5.82 Å². The van der Waals surface area contributed by atoms with E-state index in [0.717, 1.165) is 25.2 Å². The number of amides is 1. The number of carbonyl (C=O) groups is 1. The van der Waals surface area contributed by atoms with Crippen molar-refractivity contribution < 1.29 is 13.9 Å². The molecular weight excluding hydrogens is 367 g/mol. The van der Waals surface area contributed by atoms with Gasteiger partial charge < -0.3 is 10.1 Å². The maximum atomic E-state index is 13.8. The highest BCUT2D eigenvalue weighted by atomic mass is 35.5. The number of halogens is 2. The summed E-state index contributed by atoms with van der Waals surface area (Å²) >= 11 is 5.60. The van der Waals surface area contributed by atoms with Crippen LogP contribution < -0.4 is 5.32 Å². The van der Waals surface area contributed by atoms with Gasteiger partial charge >= 0.3 is 6.09 Å². The maximum Gasteiger partial charge on any atom is 0.407 e. The Hall–Kier alpha value is -2.11. The fourth-order valence-corrected chi connectivity index (χ4v) is 3.65. The predicted octanol–water partition coefficient (Wildman–Crippen LogP) is 4.28. The van der Waals surface area contributed by atoms with E-state index in [-0.39, 0.29) is 18.3 Å². The van der Waals surface area contributed by atoms with Gasteiger partial charge in [0.2, 0.25) is 0 Å². The number of alkyl halides is 1. The summed E-state index contributed by atoms with van der Waals surface area (Å²) in [5.41, 5.74) is 1.38. The maximum absolute atomic E-state index is 13.8. The first-order valence-corrected chi connectivity index (χ1v) is 9.68. The predicted molar refractivity (Wildman–Crippen MR) is 104 cm³/mol. The van der Waals surface area contributed by atoms with Gasteiger partial charge in [0.1, 0.15) is 12.4 Å². The van der Waals surface area contributed by atoms with E-state index in [0.29, 0.717) is 12.8 Å². The number of rotatable bonds is 6. The molecule has 0 spiro atoms. The molecular formula is C21H24ClFN2O2. The minimum atomic E-state index is -0.640. The van der Waals surface area contributed by atoms with Crippen molar-refractivity contribution in [2.24, 2.45) is 0 Å². The lowest BCUT2D eigenvalue weighted by Gasteiger charge is -2.42. The number of carbonyl (C=O) groups excluding carboxylic acids is 1. The lowest BCUT2D eigenvalue weighted by Crippen LogP contribution is -2.53. The van der Waals surface area contributed by atoms with Crippen LogP contribution in [0.3, 0.4) is 0 Å². The molecule has 144 valence electrons. The summed E-state index contributed by atoms with van der Waals surface area (Å²) < 4.78 is 18.9. The van der Waals surface area contributed by atoms with Crippen molar-refractivity contribution >= 4 is 17.7 Å². The lowest BCUT2D eigenvalue weighted by molar-refractivity contribution is 0.102. The molecule has 1 saturated heterocycles. The van der Waals surface area contributed by atoms with Crippen molar-refractivity contribution in [1.82, 2.24) is 10.2 Å². The molecule has 1 amide bonds. The van der Waals surface area contributed by atoms with Crippen molar-refractivity contribution in [2.75, 3.05) is 25.6 Å². The van der Waals surface area contributed by atoms with E-state index in [1.165, 1.54) is 17.7 Å². The van der Waals surface area contributed by atoms with Crippen LogP contribution in [0.25, 0.3) is 0 Å². The highest BCUT2D eigenvalue weighted by molar-refractivity contribution is 6.18. The van der Waals surface area contributed by atoms with Crippen LogP contribution in [0.1, 0.15) is 24.0 Å². The van der Waals surface area contributed by atoms with Gasteiger partial charge in [-0.2, -0.15) is 0 Å². The van der Waals surface area contributed by atoms with Crippen LogP contribution in [-0.2, 0) is 16.8 Å². The normalized spacial score (nSPS) is 16.7. The highest BCUT2D eigenvalue weighted by Crippen LogP contribution is 2.34. The van der Waals surface area contributed by atoms with Crippen molar-refractivity contribution in [3.05, 3.63) is 71.5 Å². The Morgan fingerprint density at radius 3 is 2.56 bits per heavy atom. The quantitative estimate of drug-likeness (QED) is 0.748. The number of alkyl carbamates (subject to hydrolysis) is 1. The van der Waals surface area contributed by atoms with Gasteiger partial charge in [0.25, 0.3) is 0 Å². The second-order valence-electron chi connectivity index (χ2n) is 6.80. The Morgan fingerprint density at radius 2 is 1.89 bits per heavy atom. The molecule has 4 nitrogen and oxygen atoms in total. The zero-order valence-electron chi connectivity index (χ0n) is 15.2. The second kappa shape index (κ2) is 9.20. The highest BCUT2D eigenvalue weighted by Gasteiger charge is 2.38. The first-order chi connectivity index (χ1) is 13.1. The number of likely N-dealkylation sites (tertiary alicyclic amines) is 1. The summed E-state index contributed by atoms with van der Waals surface area (Å²) in [4.78, 5) is 14.6. The van der Waals surface area contributed by atoms with Crippen LogP contribution in [0.15, 0.2) is 54.6 Å². The Labute approximate surface area is 164 Å². The van der Waals surface area contributed by atoms with E-state index in [1.54, 1.807) is 6.07 Å². The van der Waals surface area contributed by atoms with Gasteiger partial charge in [-0.1, -0.05) is 42.5 Å². The summed E-state index contributed by atoms with van der Waals surface area (Å²) in [7, 11) is 0. The number of nitrogens with one attached hydrogen (secondary N) is 1. The molecule has 1 aliphatic rings. The molecule has 1 fully saturated rings. The monoisotopic (exact) mass is 390 g/mol. The van der Waals surface area contributed by atoms with Gasteiger partial charge in [0.15, 0.2) is 0 Å². The molecule has 1 aliphatic heterocycles. The summed E-state index contributed by atoms with van der Waals surface area (Å²) in [5.74, 6) is -0.0693. The number of piperidine rings is 1. The van der Waals surface area contributed by atoms with Gasteiger partial charge in [-0.25, -0.2) is 9.18 Å². The second-order valence-corrected chi connectivity index (χ2v) is 7.18. The average molecular weight is 391 g/mol. The lowest BCUT2D eigenvalue weighted by atomic mass is 9.80. The molecule has 0 bridgehead atoms. The van der Waals surface area contributed by atoms with Crippen LogP contribution >= 0.6 is 11.6 Å². The van der Waals surface area contributed by atoms with E-state index >= 15 is 0 Å². The SMILES string of the molecule is O=C(NC1(c2cccc(F)c2)CCN(Cc2ccccc2)CC1)OCCCl. The Balaban J connectivity index is 1.73. The number of nitrogens with zero attached hydrogens (tertiary/aromatic N) is 1. The summed E-state index contributed by atoms with van der Waals surface area (Å²) in [5, 5.41) is 2.98. The molecule has 0 radical (unpaired) electrons. The smallest absolute Gasteiger partial charge is 0.407 e. The van der Waals surface area contributed by atoms with Crippen LogP contribution in [0.4, 0.5) is 9.18 Å². The van der Waals surface area contributed by atoms with Gasteiger partial charge in [-0.05, 0) is 36.1 Å². The first kappa shape index (κ1) is 19.6. The molecule has 0 aliphatic carbocycles. The molecule has 2 aromatic carbocycles. The van der Waals surface area contributed by atoms with E-state index in [4.69, 9.17) is 16.3 Å². The fourth-order valence-electron chi connectivity index (χ4n) is 3.57. The molecule has 27 heavy (non-hydrogen) atoms. The third-order valence-electron chi connectivity index (χ3n) is 4.99. The molecule has 0 aromatic heterocycles. The summed E-state index contributed by atoms with van der Waals surface area (Å²) in [6.07, 6.45) is 0.842. The third kappa shape index (κ3) is 5.21. The van der Waals surface area contributed by atoms with E-state index < -0.39 is 11.6 Å². The molecule has 1 N–H and O–H groups in total. The van der Waals surface area contributed by atoms with Crippen molar-refractivity contribution in [2.45, 2.75) is 24.9 Å². The van der Waals surface area contributed by atoms with Gasteiger partial charge in [0, 0.05) is 19.6 Å². The topological polar surface area (TPSA) is 41.6 Å². The molecule has 6 heteroatoms. The molecule has 2 aromatic rings. The Kier molecular flexibility index (Phi) is 6.69. The van der Waals surface area contributed by atoms with Crippen molar-refractivity contribution in [1.29, 1.82) is 0 Å². The molecule has 0 saturated carbocycles. The molecule has 0 unspecified atom stereocenters. The third-order valence-corrected chi connectivity index (χ3v) is 5.14. The molecule has 1 heterocycles. The zero-order valence-corrected chi connectivity index (χ0v) is 15.9. The van der Waals surface area contributed by atoms with E-state index in [2.05, 4.69) is 22.3 Å². The van der Waals surface area contributed by atoms with Gasteiger partial charge in [-0.3, -0.25) is 4.90 Å². The summed E-state index contributed by atoms with van der Waals surface area (Å²) in [6.45, 7) is 2.59. The number of hydrogen-bond donors (Lipinski definition) is 1. The Morgan fingerprint density at radius 1 is 1.15 bits per heavy atom. The minimum absolute atomic E-state index is 0.146. The van der Waals surface area contributed by atoms with Gasteiger partial charge in [-0.15, -0.1) is 11.6 Å². The molecule has 0 atom stereocenters. The van der Waals surface area contributed by atoms with Crippen molar-refractivity contribution in [3.8, 4) is 0 Å². The standard InChI is InChI=1S/C21H24ClFN2O2/c22-11-14-27-20(26)24-21(18-7-4-8-19(23)15-18)9-12-25(13-10-21)16-17-5-2-1-3-6-17/h1-8,15H,9-14,16H2,(H,24,26). The first-order valence-electron chi connectivity index (χ1n) is 9.14. The van der Waals surface area contributed by atoms with Crippen LogP contribution in [0.5, 0.6) is 0 Å². The number of hydrogen-bond acceptors (Lipinski definition) is 3. The fraction of sp³-hybridized carbons (Fsp3) is 0.381. The number of benzene rings is 2. The molecule has 3 rings (SSSR count). The van der Waals surface area contributed by atoms with Crippen molar-refractivity contribution in [3.63, 3.8) is 0 Å². The average Bonchev–Trinajstić information content (AvgIpc) is 2.69. The minimum Gasteiger partial charge on any atom is -0.448 e. The summed E-state index contributed by atoms with van der Waals surface area (Å²) in [6, 6.07) is 16.7.